The van der Waals surface area contributed by atoms with E-state index in [-0.39, 0.29) is 23.3 Å². The van der Waals surface area contributed by atoms with E-state index < -0.39 is 6.04 Å². The number of hydrogen-bond acceptors (Lipinski definition) is 3. The van der Waals surface area contributed by atoms with Gasteiger partial charge in [0.05, 0.1) is 0 Å². The lowest BCUT2D eigenvalue weighted by Gasteiger charge is -2.27. The van der Waals surface area contributed by atoms with E-state index in [0.717, 1.165) is 4.90 Å². The van der Waals surface area contributed by atoms with Crippen LogP contribution in [0, 0.1) is 0 Å². The summed E-state index contributed by atoms with van der Waals surface area (Å²) in [6.45, 7) is 5.86. The lowest BCUT2D eigenvalue weighted by atomic mass is 10.1. The first-order valence-corrected chi connectivity index (χ1v) is 5.62. The first-order valence-electron chi connectivity index (χ1n) is 5.62. The average Bonchev–Trinajstić information content (AvgIpc) is 2.16. The van der Waals surface area contributed by atoms with E-state index in [1.54, 1.807) is 0 Å². The Morgan fingerprint density at radius 3 is 2.59 bits per heavy atom. The van der Waals surface area contributed by atoms with E-state index >= 15 is 0 Å². The molecule has 2 amide bonds. The second-order valence-corrected chi connectivity index (χ2v) is 5.23. The van der Waals surface area contributed by atoms with Crippen molar-refractivity contribution in [3.8, 4) is 0 Å². The summed E-state index contributed by atoms with van der Waals surface area (Å²) in [6, 6.07) is -0.549. The van der Waals surface area contributed by atoms with Crippen LogP contribution in [0.15, 0.2) is 4.99 Å². The zero-order valence-corrected chi connectivity index (χ0v) is 10.8. The summed E-state index contributed by atoms with van der Waals surface area (Å²) >= 11 is 0. The Kier molecular flexibility index (Phi) is 3.75. The van der Waals surface area contributed by atoms with E-state index in [2.05, 4.69) is 10.3 Å². The standard InChI is InChI=1S/C11H20N4O2/c1-11(2,3)14-10(12)13-7-5-6-8(16)15(4)9(7)17/h7H,5-6H2,1-4H3,(H3,12,13,14). The van der Waals surface area contributed by atoms with Crippen molar-refractivity contribution in [3.63, 3.8) is 0 Å². The number of piperidine rings is 1. The number of carbonyl (C=O) groups is 2. The average molecular weight is 240 g/mol. The van der Waals surface area contributed by atoms with Gasteiger partial charge in [-0.3, -0.25) is 14.5 Å². The number of nitrogens with two attached hydrogens (primary N) is 1. The van der Waals surface area contributed by atoms with Crippen LogP contribution in [0.1, 0.15) is 33.6 Å². The van der Waals surface area contributed by atoms with Crippen molar-refractivity contribution in [2.45, 2.75) is 45.2 Å². The topological polar surface area (TPSA) is 87.8 Å². The highest BCUT2D eigenvalue weighted by Gasteiger charge is 2.31. The molecule has 1 rings (SSSR count). The van der Waals surface area contributed by atoms with Gasteiger partial charge in [0.1, 0.15) is 6.04 Å². The van der Waals surface area contributed by atoms with Crippen LogP contribution >= 0.6 is 0 Å². The minimum Gasteiger partial charge on any atom is -0.370 e. The van der Waals surface area contributed by atoms with Crippen LogP contribution in [0.4, 0.5) is 0 Å². The van der Waals surface area contributed by atoms with Gasteiger partial charge in [0.2, 0.25) is 5.91 Å². The van der Waals surface area contributed by atoms with E-state index in [0.29, 0.717) is 12.8 Å². The molecule has 1 aliphatic heterocycles. The minimum atomic E-state index is -0.549. The van der Waals surface area contributed by atoms with Gasteiger partial charge in [-0.2, -0.15) is 0 Å². The number of likely N-dealkylation sites (N-methyl/N-ethyl adjacent to an activating group) is 1. The molecular formula is C11H20N4O2. The van der Waals surface area contributed by atoms with Crippen LogP contribution in [-0.4, -0.2) is 41.3 Å². The number of guanidine groups is 1. The molecule has 0 saturated carbocycles. The third-order valence-electron chi connectivity index (χ3n) is 2.42. The summed E-state index contributed by atoms with van der Waals surface area (Å²) in [6.07, 6.45) is 0.758. The SMILES string of the molecule is CN1C(=O)CCC(N=C(N)NC(C)(C)C)C1=O. The first kappa shape index (κ1) is 13.5. The van der Waals surface area contributed by atoms with Crippen molar-refractivity contribution in [2.75, 3.05) is 7.05 Å². The lowest BCUT2D eigenvalue weighted by molar-refractivity contribution is -0.147. The first-order chi connectivity index (χ1) is 7.70. The summed E-state index contributed by atoms with van der Waals surface area (Å²) in [4.78, 5) is 28.3. The summed E-state index contributed by atoms with van der Waals surface area (Å²) in [5, 5.41) is 2.99. The predicted molar refractivity (Wildman–Crippen MR) is 65.3 cm³/mol. The molecule has 0 spiro atoms. The molecule has 6 nitrogen and oxygen atoms in total. The van der Waals surface area contributed by atoms with Crippen molar-refractivity contribution in [1.29, 1.82) is 0 Å². The maximum absolute atomic E-state index is 11.8. The summed E-state index contributed by atoms with van der Waals surface area (Å²) < 4.78 is 0. The number of rotatable bonds is 1. The van der Waals surface area contributed by atoms with E-state index in [9.17, 15) is 9.59 Å². The van der Waals surface area contributed by atoms with Gasteiger partial charge < -0.3 is 11.1 Å². The Balaban J connectivity index is 2.71. The number of amides is 2. The van der Waals surface area contributed by atoms with Gasteiger partial charge in [0.15, 0.2) is 5.96 Å². The number of imide groups is 1. The number of likely N-dealkylation sites (tertiary alicyclic amines) is 1. The Labute approximate surface area is 101 Å². The van der Waals surface area contributed by atoms with Gasteiger partial charge in [0.25, 0.3) is 5.91 Å². The lowest BCUT2D eigenvalue weighted by Crippen LogP contribution is -2.49. The molecular weight excluding hydrogens is 220 g/mol. The second-order valence-electron chi connectivity index (χ2n) is 5.23. The smallest absolute Gasteiger partial charge is 0.253 e. The van der Waals surface area contributed by atoms with E-state index in [4.69, 9.17) is 5.73 Å². The van der Waals surface area contributed by atoms with Crippen molar-refractivity contribution in [1.82, 2.24) is 10.2 Å². The molecule has 1 saturated heterocycles. The molecule has 0 aromatic carbocycles. The summed E-state index contributed by atoms with van der Waals surface area (Å²) in [7, 11) is 1.47. The molecule has 0 aromatic rings. The second kappa shape index (κ2) is 4.73. The van der Waals surface area contributed by atoms with E-state index in [1.165, 1.54) is 7.05 Å². The monoisotopic (exact) mass is 240 g/mol. The van der Waals surface area contributed by atoms with Gasteiger partial charge in [-0.15, -0.1) is 0 Å². The van der Waals surface area contributed by atoms with Crippen LogP contribution in [-0.2, 0) is 9.59 Å². The summed E-state index contributed by atoms with van der Waals surface area (Å²) in [5.74, 6) is -0.220. The molecule has 1 aliphatic rings. The predicted octanol–water partition coefficient (Wildman–Crippen LogP) is -0.163. The van der Waals surface area contributed by atoms with Crippen molar-refractivity contribution in [2.24, 2.45) is 10.7 Å². The molecule has 0 bridgehead atoms. The quantitative estimate of drug-likeness (QED) is 0.378. The van der Waals surface area contributed by atoms with Gasteiger partial charge in [-0.05, 0) is 27.2 Å². The Morgan fingerprint density at radius 2 is 2.06 bits per heavy atom. The molecule has 1 heterocycles. The zero-order chi connectivity index (χ0) is 13.2. The summed E-state index contributed by atoms with van der Waals surface area (Å²) in [5.41, 5.74) is 5.51. The minimum absolute atomic E-state index is 0.163. The molecule has 0 aromatic heterocycles. The van der Waals surface area contributed by atoms with Crippen molar-refractivity contribution in [3.05, 3.63) is 0 Å². The van der Waals surface area contributed by atoms with Gasteiger partial charge in [-0.25, -0.2) is 4.99 Å². The highest BCUT2D eigenvalue weighted by molar-refractivity contribution is 6.01. The van der Waals surface area contributed by atoms with E-state index in [1.807, 2.05) is 20.8 Å². The van der Waals surface area contributed by atoms with Crippen LogP contribution in [0.5, 0.6) is 0 Å². The molecule has 0 aliphatic carbocycles. The van der Waals surface area contributed by atoms with Crippen LogP contribution < -0.4 is 11.1 Å². The van der Waals surface area contributed by atoms with Crippen molar-refractivity contribution >= 4 is 17.8 Å². The molecule has 6 heteroatoms. The van der Waals surface area contributed by atoms with Crippen LogP contribution in [0.25, 0.3) is 0 Å². The zero-order valence-electron chi connectivity index (χ0n) is 10.8. The number of aliphatic imine (C=N–C) groups is 1. The molecule has 0 radical (unpaired) electrons. The Hall–Kier alpha value is -1.59. The maximum Gasteiger partial charge on any atom is 0.253 e. The third kappa shape index (κ3) is 3.72. The van der Waals surface area contributed by atoms with Crippen molar-refractivity contribution < 1.29 is 9.59 Å². The molecule has 1 atom stereocenters. The molecule has 1 unspecified atom stereocenters. The normalized spacial score (nSPS) is 22.9. The number of nitrogens with zero attached hydrogens (tertiary/aromatic N) is 2. The third-order valence-corrected chi connectivity index (χ3v) is 2.42. The molecule has 1 fully saturated rings. The molecule has 3 N–H and O–H groups in total. The van der Waals surface area contributed by atoms with Gasteiger partial charge in [0, 0.05) is 19.0 Å². The molecule has 96 valence electrons. The highest BCUT2D eigenvalue weighted by atomic mass is 16.2. The Bertz CT molecular complexity index is 357. The maximum atomic E-state index is 11.8. The van der Waals surface area contributed by atoms with Crippen LogP contribution in [0.2, 0.25) is 0 Å². The number of nitrogens with one attached hydrogen (secondary N) is 1. The number of carbonyl (C=O) groups excluding carboxylic acids is 2. The fourth-order valence-electron chi connectivity index (χ4n) is 1.60. The fourth-order valence-corrected chi connectivity index (χ4v) is 1.60. The largest absolute Gasteiger partial charge is 0.370 e. The van der Waals surface area contributed by atoms with Crippen LogP contribution in [0.3, 0.4) is 0 Å². The van der Waals surface area contributed by atoms with Gasteiger partial charge >= 0.3 is 0 Å². The molecule has 17 heavy (non-hydrogen) atoms. The Morgan fingerprint density at radius 1 is 1.47 bits per heavy atom. The fraction of sp³-hybridized carbons (Fsp3) is 0.727. The highest BCUT2D eigenvalue weighted by Crippen LogP contribution is 2.14. The van der Waals surface area contributed by atoms with Gasteiger partial charge in [-0.1, -0.05) is 0 Å². The number of hydrogen-bond donors (Lipinski definition) is 2.